The first-order chi connectivity index (χ1) is 11.2. The van der Waals surface area contributed by atoms with Crippen LogP contribution in [0.1, 0.15) is 124 Å². The Morgan fingerprint density at radius 1 is 0.609 bits per heavy atom. The fourth-order valence-electron chi connectivity index (χ4n) is 3.22. The molecule has 0 aliphatic rings. The van der Waals surface area contributed by atoms with E-state index in [1.54, 1.807) is 0 Å². The van der Waals surface area contributed by atoms with E-state index in [1.165, 1.54) is 96.3 Å². The Morgan fingerprint density at radius 3 is 1.39 bits per heavy atom. The Bertz CT molecular complexity index is 252. The molecule has 0 heterocycles. The van der Waals surface area contributed by atoms with Crippen molar-refractivity contribution in [2.75, 3.05) is 6.16 Å². The van der Waals surface area contributed by atoms with Crippen molar-refractivity contribution in [3.05, 3.63) is 0 Å². The van der Waals surface area contributed by atoms with Crippen molar-refractivity contribution in [2.24, 2.45) is 0 Å². The van der Waals surface area contributed by atoms with Crippen LogP contribution in [0.15, 0.2) is 0 Å². The molecule has 0 saturated heterocycles. The van der Waals surface area contributed by atoms with Gasteiger partial charge in [-0.1, -0.05) is 111 Å². The third-order valence-electron chi connectivity index (χ3n) is 4.91. The topological polar surface area (TPSA) is 17.1 Å². The maximum Gasteiger partial charge on any atom is 0.0747 e. The minimum absolute atomic E-state index is 0.447. The fourth-order valence-corrected chi connectivity index (χ4v) is 4.57. The molecule has 0 aliphatic carbocycles. The Balaban J connectivity index is 3.14. The summed E-state index contributed by atoms with van der Waals surface area (Å²) in [4.78, 5) is 0. The van der Waals surface area contributed by atoms with Crippen LogP contribution in [-0.4, -0.2) is 11.8 Å². The van der Waals surface area contributed by atoms with Crippen molar-refractivity contribution in [1.82, 2.24) is 0 Å². The number of hydrogen-bond acceptors (Lipinski definition) is 1. The van der Waals surface area contributed by atoms with Gasteiger partial charge in [-0.25, -0.2) is 0 Å². The van der Waals surface area contributed by atoms with Crippen LogP contribution in [0.4, 0.5) is 0 Å². The SMILES string of the molecule is CCCCCCCCCCCCCCCCC(C)[P](=O)CCC. The summed E-state index contributed by atoms with van der Waals surface area (Å²) in [6.45, 7) is 6.59. The van der Waals surface area contributed by atoms with Gasteiger partial charge >= 0.3 is 0 Å². The molecular formula is C21H44OP. The summed E-state index contributed by atoms with van der Waals surface area (Å²) < 4.78 is 11.9. The fraction of sp³-hybridized carbons (Fsp3) is 1.00. The normalized spacial score (nSPS) is 13.3. The quantitative estimate of drug-likeness (QED) is 0.180. The molecule has 0 rings (SSSR count). The van der Waals surface area contributed by atoms with Crippen LogP contribution in [-0.2, 0) is 4.57 Å². The average Bonchev–Trinajstić information content (AvgIpc) is 2.55. The zero-order valence-corrected chi connectivity index (χ0v) is 17.3. The molecule has 0 aromatic heterocycles. The van der Waals surface area contributed by atoms with Gasteiger partial charge in [0.2, 0.25) is 0 Å². The summed E-state index contributed by atoms with van der Waals surface area (Å²) >= 11 is 0. The minimum Gasteiger partial charge on any atom is -0.287 e. The summed E-state index contributed by atoms with van der Waals surface area (Å²) in [5, 5.41) is 0. The van der Waals surface area contributed by atoms with Gasteiger partial charge in [0.15, 0.2) is 0 Å². The van der Waals surface area contributed by atoms with E-state index in [9.17, 15) is 4.57 Å². The molecule has 23 heavy (non-hydrogen) atoms. The van der Waals surface area contributed by atoms with Crippen molar-refractivity contribution >= 4 is 7.80 Å². The van der Waals surface area contributed by atoms with E-state index in [1.807, 2.05) is 0 Å². The van der Waals surface area contributed by atoms with Crippen LogP contribution in [0.25, 0.3) is 0 Å². The summed E-state index contributed by atoms with van der Waals surface area (Å²) in [5.74, 6) is 0. The molecule has 0 aromatic rings. The largest absolute Gasteiger partial charge is 0.287 e. The lowest BCUT2D eigenvalue weighted by Crippen LogP contribution is -1.97. The molecule has 0 fully saturated rings. The van der Waals surface area contributed by atoms with Gasteiger partial charge in [0.05, 0.1) is 7.80 Å². The molecule has 0 spiro atoms. The van der Waals surface area contributed by atoms with Crippen LogP contribution >= 0.6 is 7.80 Å². The van der Waals surface area contributed by atoms with E-state index in [4.69, 9.17) is 0 Å². The highest BCUT2D eigenvalue weighted by Crippen LogP contribution is 2.32. The molecule has 0 bridgehead atoms. The lowest BCUT2D eigenvalue weighted by molar-refractivity contribution is 0.529. The van der Waals surface area contributed by atoms with Gasteiger partial charge in [-0.05, 0) is 12.8 Å². The molecule has 0 aliphatic heterocycles. The average molecular weight is 344 g/mol. The molecule has 139 valence electrons. The van der Waals surface area contributed by atoms with E-state index in [2.05, 4.69) is 20.8 Å². The predicted molar refractivity (Wildman–Crippen MR) is 107 cm³/mol. The second-order valence-electron chi connectivity index (χ2n) is 7.37. The first-order valence-electron chi connectivity index (χ1n) is 10.7. The minimum atomic E-state index is -0.934. The van der Waals surface area contributed by atoms with E-state index in [-0.39, 0.29) is 0 Å². The van der Waals surface area contributed by atoms with E-state index in [0.717, 1.165) is 12.6 Å². The second-order valence-corrected chi connectivity index (χ2v) is 9.54. The third kappa shape index (κ3) is 16.7. The van der Waals surface area contributed by atoms with Crippen LogP contribution in [0.5, 0.6) is 0 Å². The lowest BCUT2D eigenvalue weighted by Gasteiger charge is -2.09. The van der Waals surface area contributed by atoms with Gasteiger partial charge in [0, 0.05) is 11.8 Å². The highest BCUT2D eigenvalue weighted by molar-refractivity contribution is 7.45. The highest BCUT2D eigenvalue weighted by atomic mass is 31.1. The zero-order valence-electron chi connectivity index (χ0n) is 16.5. The monoisotopic (exact) mass is 343 g/mol. The van der Waals surface area contributed by atoms with Crippen LogP contribution < -0.4 is 0 Å². The summed E-state index contributed by atoms with van der Waals surface area (Å²) in [7, 11) is -0.934. The van der Waals surface area contributed by atoms with Crippen molar-refractivity contribution < 1.29 is 4.57 Å². The van der Waals surface area contributed by atoms with Gasteiger partial charge in [-0.3, -0.25) is 4.57 Å². The molecule has 0 saturated carbocycles. The third-order valence-corrected chi connectivity index (χ3v) is 7.04. The van der Waals surface area contributed by atoms with Crippen LogP contribution in [0, 0.1) is 0 Å². The van der Waals surface area contributed by atoms with Crippen molar-refractivity contribution in [2.45, 2.75) is 129 Å². The second kappa shape index (κ2) is 18.4. The maximum atomic E-state index is 11.9. The Kier molecular flexibility index (Phi) is 18.5. The van der Waals surface area contributed by atoms with Gasteiger partial charge in [-0.2, -0.15) is 0 Å². The number of unbranched alkanes of at least 4 members (excludes halogenated alkanes) is 13. The molecule has 1 nitrogen and oxygen atoms in total. The molecular weight excluding hydrogens is 299 g/mol. The van der Waals surface area contributed by atoms with Crippen LogP contribution in [0.2, 0.25) is 0 Å². The molecule has 0 N–H and O–H groups in total. The van der Waals surface area contributed by atoms with Crippen LogP contribution in [0.3, 0.4) is 0 Å². The van der Waals surface area contributed by atoms with Crippen molar-refractivity contribution in [3.8, 4) is 0 Å². The molecule has 2 unspecified atom stereocenters. The van der Waals surface area contributed by atoms with Gasteiger partial charge in [-0.15, -0.1) is 0 Å². The summed E-state index contributed by atoms with van der Waals surface area (Å²) in [6, 6.07) is 0. The smallest absolute Gasteiger partial charge is 0.0747 e. The van der Waals surface area contributed by atoms with Gasteiger partial charge < -0.3 is 0 Å². The highest BCUT2D eigenvalue weighted by Gasteiger charge is 2.09. The lowest BCUT2D eigenvalue weighted by atomic mass is 10.0. The molecule has 2 atom stereocenters. The van der Waals surface area contributed by atoms with Crippen molar-refractivity contribution in [3.63, 3.8) is 0 Å². The van der Waals surface area contributed by atoms with Crippen molar-refractivity contribution in [1.29, 1.82) is 0 Å². The Hall–Kier alpha value is 0.100. The summed E-state index contributed by atoms with van der Waals surface area (Å²) in [5.41, 5.74) is 0.447. The molecule has 0 amide bonds. The molecule has 0 aromatic carbocycles. The number of rotatable bonds is 18. The Labute approximate surface area is 148 Å². The molecule has 1 radical (unpaired) electrons. The molecule has 2 heteroatoms. The zero-order chi connectivity index (χ0) is 17.2. The van der Waals surface area contributed by atoms with E-state index >= 15 is 0 Å². The van der Waals surface area contributed by atoms with E-state index in [0.29, 0.717) is 5.66 Å². The first kappa shape index (κ1) is 23.1. The Morgan fingerprint density at radius 2 is 1.00 bits per heavy atom. The van der Waals surface area contributed by atoms with E-state index < -0.39 is 7.80 Å². The maximum absolute atomic E-state index is 11.9. The summed E-state index contributed by atoms with van der Waals surface area (Å²) in [6.07, 6.45) is 22.9. The predicted octanol–water partition coefficient (Wildman–Crippen LogP) is 8.48. The number of hydrogen-bond donors (Lipinski definition) is 0. The first-order valence-corrected chi connectivity index (χ1v) is 12.2. The standard InChI is InChI=1S/C21H44OP/c1-4-6-7-8-9-10-11-12-13-14-15-16-17-18-19-21(3)23(22)20-5-2/h21H,4-20H2,1-3H3. The van der Waals surface area contributed by atoms with Gasteiger partial charge in [0.25, 0.3) is 0 Å². The van der Waals surface area contributed by atoms with Gasteiger partial charge in [0.1, 0.15) is 0 Å².